The minimum Gasteiger partial charge on any atom is -0.315 e. The standard InChI is InChI=1S/C14H19N3O/c1-14(9-15-5-6-16-14)11-3-4-12-10(7-11)8-13(18)17(12)2/h3-4,7,15-16H,5-6,8-9H2,1-2H3. The number of likely N-dealkylation sites (N-methyl/N-ethyl adjacent to an activating group) is 1. The molecule has 1 unspecified atom stereocenters. The van der Waals surface area contributed by atoms with Gasteiger partial charge in [-0.1, -0.05) is 12.1 Å². The maximum Gasteiger partial charge on any atom is 0.231 e. The third-order valence-electron chi connectivity index (χ3n) is 4.09. The SMILES string of the molecule is CN1C(=O)Cc2cc(C3(C)CNCCN3)ccc21. The van der Waals surface area contributed by atoms with Gasteiger partial charge in [0.1, 0.15) is 0 Å². The number of fused-ring (bicyclic) bond motifs is 1. The number of carbonyl (C=O) groups is 1. The quantitative estimate of drug-likeness (QED) is 0.762. The molecule has 0 bridgehead atoms. The summed E-state index contributed by atoms with van der Waals surface area (Å²) in [6, 6.07) is 6.38. The summed E-state index contributed by atoms with van der Waals surface area (Å²) in [6.07, 6.45) is 0.531. The molecule has 0 aromatic heterocycles. The van der Waals surface area contributed by atoms with E-state index in [9.17, 15) is 4.79 Å². The zero-order chi connectivity index (χ0) is 12.8. The molecule has 1 aromatic carbocycles. The molecule has 3 rings (SSSR count). The number of carbonyl (C=O) groups excluding carboxylic acids is 1. The van der Waals surface area contributed by atoms with Gasteiger partial charge in [0.05, 0.1) is 12.0 Å². The third kappa shape index (κ3) is 1.72. The molecule has 0 aliphatic carbocycles. The monoisotopic (exact) mass is 245 g/mol. The first-order valence-electron chi connectivity index (χ1n) is 6.46. The van der Waals surface area contributed by atoms with Crippen LogP contribution in [0.25, 0.3) is 0 Å². The highest BCUT2D eigenvalue weighted by molar-refractivity contribution is 6.00. The van der Waals surface area contributed by atoms with Gasteiger partial charge in [-0.25, -0.2) is 0 Å². The van der Waals surface area contributed by atoms with Gasteiger partial charge in [-0.05, 0) is 24.1 Å². The smallest absolute Gasteiger partial charge is 0.231 e. The van der Waals surface area contributed by atoms with E-state index in [0.717, 1.165) is 30.9 Å². The van der Waals surface area contributed by atoms with E-state index < -0.39 is 0 Å². The first-order valence-corrected chi connectivity index (χ1v) is 6.46. The molecule has 96 valence electrons. The molecule has 2 heterocycles. The number of nitrogens with zero attached hydrogens (tertiary/aromatic N) is 1. The predicted molar refractivity (Wildman–Crippen MR) is 71.8 cm³/mol. The lowest BCUT2D eigenvalue weighted by Crippen LogP contribution is -2.55. The molecule has 1 saturated heterocycles. The summed E-state index contributed by atoms with van der Waals surface area (Å²) in [4.78, 5) is 13.4. The largest absolute Gasteiger partial charge is 0.315 e. The molecule has 4 heteroatoms. The molecule has 1 atom stereocenters. The van der Waals surface area contributed by atoms with E-state index in [2.05, 4.69) is 35.8 Å². The van der Waals surface area contributed by atoms with E-state index in [4.69, 9.17) is 0 Å². The number of piperazine rings is 1. The Morgan fingerprint density at radius 2 is 2.17 bits per heavy atom. The van der Waals surface area contributed by atoms with Crippen LogP contribution in [0.5, 0.6) is 0 Å². The van der Waals surface area contributed by atoms with Gasteiger partial charge in [0, 0.05) is 32.4 Å². The van der Waals surface area contributed by atoms with Crippen molar-refractivity contribution >= 4 is 11.6 Å². The van der Waals surface area contributed by atoms with Crippen molar-refractivity contribution in [2.24, 2.45) is 0 Å². The van der Waals surface area contributed by atoms with Crippen LogP contribution in [0.4, 0.5) is 5.69 Å². The number of hydrogen-bond acceptors (Lipinski definition) is 3. The van der Waals surface area contributed by atoms with Crippen LogP contribution in [0.1, 0.15) is 18.1 Å². The van der Waals surface area contributed by atoms with Gasteiger partial charge in [-0.3, -0.25) is 4.79 Å². The summed E-state index contributed by atoms with van der Waals surface area (Å²) >= 11 is 0. The van der Waals surface area contributed by atoms with Crippen LogP contribution in [-0.2, 0) is 16.8 Å². The second-order valence-electron chi connectivity index (χ2n) is 5.41. The second kappa shape index (κ2) is 4.07. The third-order valence-corrected chi connectivity index (χ3v) is 4.09. The zero-order valence-electron chi connectivity index (χ0n) is 10.9. The molecule has 18 heavy (non-hydrogen) atoms. The van der Waals surface area contributed by atoms with Crippen LogP contribution in [0.2, 0.25) is 0 Å². The molecule has 0 spiro atoms. The van der Waals surface area contributed by atoms with Crippen LogP contribution in [0, 0.1) is 0 Å². The number of benzene rings is 1. The Balaban J connectivity index is 1.96. The molecule has 2 aliphatic heterocycles. The lowest BCUT2D eigenvalue weighted by atomic mass is 9.89. The van der Waals surface area contributed by atoms with Crippen molar-refractivity contribution in [3.8, 4) is 0 Å². The van der Waals surface area contributed by atoms with Crippen molar-refractivity contribution in [1.29, 1.82) is 0 Å². The average molecular weight is 245 g/mol. The second-order valence-corrected chi connectivity index (χ2v) is 5.41. The van der Waals surface area contributed by atoms with Gasteiger partial charge >= 0.3 is 0 Å². The maximum absolute atomic E-state index is 11.7. The Morgan fingerprint density at radius 1 is 1.33 bits per heavy atom. The summed E-state index contributed by atoms with van der Waals surface area (Å²) in [5, 5.41) is 6.98. The summed E-state index contributed by atoms with van der Waals surface area (Å²) in [5.74, 6) is 0.182. The van der Waals surface area contributed by atoms with E-state index in [-0.39, 0.29) is 11.4 Å². The van der Waals surface area contributed by atoms with E-state index in [1.54, 1.807) is 4.90 Å². The number of amides is 1. The summed E-state index contributed by atoms with van der Waals surface area (Å²) in [5.41, 5.74) is 3.43. The van der Waals surface area contributed by atoms with E-state index in [1.807, 2.05) is 7.05 Å². The molecule has 1 amide bonds. The summed E-state index contributed by atoms with van der Waals surface area (Å²) < 4.78 is 0. The van der Waals surface area contributed by atoms with Crippen molar-refractivity contribution < 1.29 is 4.79 Å². The highest BCUT2D eigenvalue weighted by Crippen LogP contribution is 2.32. The molecule has 0 saturated carbocycles. The first kappa shape index (κ1) is 11.7. The van der Waals surface area contributed by atoms with Crippen LogP contribution in [-0.4, -0.2) is 32.6 Å². The molecular weight excluding hydrogens is 226 g/mol. The van der Waals surface area contributed by atoms with Crippen LogP contribution >= 0.6 is 0 Å². The van der Waals surface area contributed by atoms with Crippen LogP contribution in [0.15, 0.2) is 18.2 Å². The molecule has 1 aromatic rings. The van der Waals surface area contributed by atoms with Crippen LogP contribution in [0.3, 0.4) is 0 Å². The van der Waals surface area contributed by atoms with Gasteiger partial charge in [0.2, 0.25) is 5.91 Å². The van der Waals surface area contributed by atoms with Crippen molar-refractivity contribution in [2.75, 3.05) is 31.6 Å². The topological polar surface area (TPSA) is 44.4 Å². The van der Waals surface area contributed by atoms with Gasteiger partial charge in [0.15, 0.2) is 0 Å². The number of hydrogen-bond donors (Lipinski definition) is 2. The number of rotatable bonds is 1. The summed E-state index contributed by atoms with van der Waals surface area (Å²) in [7, 11) is 1.84. The number of anilines is 1. The molecule has 0 radical (unpaired) electrons. The van der Waals surface area contributed by atoms with E-state index in [0.29, 0.717) is 6.42 Å². The van der Waals surface area contributed by atoms with E-state index in [1.165, 1.54) is 5.56 Å². The van der Waals surface area contributed by atoms with Crippen molar-refractivity contribution in [3.05, 3.63) is 29.3 Å². The molecular formula is C14H19N3O. The maximum atomic E-state index is 11.7. The molecule has 2 aliphatic rings. The highest BCUT2D eigenvalue weighted by Gasteiger charge is 2.31. The minimum atomic E-state index is -0.0303. The van der Waals surface area contributed by atoms with Crippen molar-refractivity contribution in [2.45, 2.75) is 18.9 Å². The normalized spacial score (nSPS) is 27.4. The molecule has 4 nitrogen and oxygen atoms in total. The Kier molecular flexibility index (Phi) is 2.64. The zero-order valence-corrected chi connectivity index (χ0v) is 10.9. The van der Waals surface area contributed by atoms with Crippen molar-refractivity contribution in [1.82, 2.24) is 10.6 Å². The number of nitrogens with one attached hydrogen (secondary N) is 2. The first-order chi connectivity index (χ1) is 8.60. The van der Waals surface area contributed by atoms with Crippen LogP contribution < -0.4 is 15.5 Å². The molecule has 2 N–H and O–H groups in total. The van der Waals surface area contributed by atoms with Gasteiger partial charge in [-0.2, -0.15) is 0 Å². The Hall–Kier alpha value is -1.39. The predicted octanol–water partition coefficient (Wildman–Crippen LogP) is 0.614. The van der Waals surface area contributed by atoms with Gasteiger partial charge in [-0.15, -0.1) is 0 Å². The van der Waals surface area contributed by atoms with Gasteiger partial charge < -0.3 is 15.5 Å². The Bertz CT molecular complexity index is 492. The minimum absolute atomic E-state index is 0.0303. The lowest BCUT2D eigenvalue weighted by molar-refractivity contribution is -0.117. The Labute approximate surface area is 107 Å². The van der Waals surface area contributed by atoms with Gasteiger partial charge in [0.25, 0.3) is 0 Å². The average Bonchev–Trinajstić information content (AvgIpc) is 2.66. The highest BCUT2D eigenvalue weighted by atomic mass is 16.2. The fraction of sp³-hybridized carbons (Fsp3) is 0.500. The van der Waals surface area contributed by atoms with Crippen molar-refractivity contribution in [3.63, 3.8) is 0 Å². The summed E-state index contributed by atoms with van der Waals surface area (Å²) in [6.45, 7) is 5.13. The van der Waals surface area contributed by atoms with E-state index >= 15 is 0 Å². The molecule has 1 fully saturated rings. The lowest BCUT2D eigenvalue weighted by Gasteiger charge is -2.36. The fourth-order valence-corrected chi connectivity index (χ4v) is 2.85. The fourth-order valence-electron chi connectivity index (χ4n) is 2.85. The Morgan fingerprint density at radius 3 is 2.89 bits per heavy atom.